The molecule has 4 rings (SSSR count). The fourth-order valence-corrected chi connectivity index (χ4v) is 3.92. The van der Waals surface area contributed by atoms with Gasteiger partial charge in [0.2, 0.25) is 11.7 Å². The van der Waals surface area contributed by atoms with E-state index in [4.69, 9.17) is 23.7 Å². The Kier molecular flexibility index (Phi) is 5.13. The van der Waals surface area contributed by atoms with Crippen molar-refractivity contribution in [1.82, 2.24) is 0 Å². The van der Waals surface area contributed by atoms with Crippen molar-refractivity contribution in [2.24, 2.45) is 0 Å². The minimum absolute atomic E-state index is 0.159. The molecule has 0 aromatic heterocycles. The summed E-state index contributed by atoms with van der Waals surface area (Å²) in [5.41, 5.74) is 1.42. The quantitative estimate of drug-likeness (QED) is 0.793. The van der Waals surface area contributed by atoms with E-state index in [2.05, 4.69) is 5.32 Å². The lowest BCUT2D eigenvalue weighted by Gasteiger charge is -2.21. The zero-order valence-electron chi connectivity index (χ0n) is 16.9. The Morgan fingerprint density at radius 2 is 1.62 bits per heavy atom. The van der Waals surface area contributed by atoms with Crippen molar-refractivity contribution in [3.05, 3.63) is 35.9 Å². The van der Waals surface area contributed by atoms with E-state index in [0.29, 0.717) is 28.7 Å². The highest BCUT2D eigenvalue weighted by molar-refractivity contribution is 5.92. The molecule has 1 spiro atoms. The highest BCUT2D eigenvalue weighted by Crippen LogP contribution is 2.47. The molecule has 7 heteroatoms. The van der Waals surface area contributed by atoms with Crippen LogP contribution in [0.5, 0.6) is 28.7 Å². The lowest BCUT2D eigenvalue weighted by atomic mass is 10.1. The van der Waals surface area contributed by atoms with Crippen LogP contribution in [0.1, 0.15) is 31.2 Å². The maximum Gasteiger partial charge on any atom is 0.251 e. The van der Waals surface area contributed by atoms with Crippen LogP contribution in [-0.2, 0) is 11.2 Å². The van der Waals surface area contributed by atoms with E-state index in [9.17, 15) is 4.79 Å². The molecule has 154 valence electrons. The molecule has 0 unspecified atom stereocenters. The number of carbonyl (C=O) groups excluding carboxylic acids is 1. The summed E-state index contributed by atoms with van der Waals surface area (Å²) >= 11 is 0. The van der Waals surface area contributed by atoms with E-state index in [1.165, 1.54) is 0 Å². The number of methoxy groups -OCH3 is 3. The first kappa shape index (κ1) is 19.2. The van der Waals surface area contributed by atoms with Gasteiger partial charge >= 0.3 is 0 Å². The molecule has 1 amide bonds. The Morgan fingerprint density at radius 1 is 0.966 bits per heavy atom. The minimum Gasteiger partial charge on any atom is -0.493 e. The topological polar surface area (TPSA) is 75.3 Å². The van der Waals surface area contributed by atoms with Gasteiger partial charge in [0.25, 0.3) is 5.79 Å². The molecule has 2 aromatic carbocycles. The summed E-state index contributed by atoms with van der Waals surface area (Å²) in [7, 11) is 4.64. The largest absolute Gasteiger partial charge is 0.493 e. The van der Waals surface area contributed by atoms with Crippen LogP contribution >= 0.6 is 0 Å². The highest BCUT2D eigenvalue weighted by Gasteiger charge is 2.44. The third-order valence-corrected chi connectivity index (χ3v) is 5.27. The maximum atomic E-state index is 12.6. The molecule has 0 atom stereocenters. The third kappa shape index (κ3) is 3.77. The molecule has 0 saturated heterocycles. The van der Waals surface area contributed by atoms with E-state index >= 15 is 0 Å². The van der Waals surface area contributed by atoms with Crippen molar-refractivity contribution in [2.45, 2.75) is 37.9 Å². The van der Waals surface area contributed by atoms with Gasteiger partial charge in [-0.2, -0.15) is 0 Å². The van der Waals surface area contributed by atoms with Crippen molar-refractivity contribution < 1.29 is 28.5 Å². The Morgan fingerprint density at radius 3 is 2.24 bits per heavy atom. The van der Waals surface area contributed by atoms with Gasteiger partial charge in [0, 0.05) is 24.6 Å². The fraction of sp³-hybridized carbons (Fsp3) is 0.409. The number of carbonyl (C=O) groups is 1. The summed E-state index contributed by atoms with van der Waals surface area (Å²) in [5.74, 6) is 2.26. The summed E-state index contributed by atoms with van der Waals surface area (Å²) in [4.78, 5) is 12.6. The van der Waals surface area contributed by atoms with Crippen LogP contribution < -0.4 is 29.0 Å². The van der Waals surface area contributed by atoms with Crippen LogP contribution in [0, 0.1) is 0 Å². The van der Waals surface area contributed by atoms with Gasteiger partial charge in [-0.1, -0.05) is 0 Å². The van der Waals surface area contributed by atoms with Gasteiger partial charge in [-0.05, 0) is 42.7 Å². The number of benzene rings is 2. The second kappa shape index (κ2) is 7.73. The van der Waals surface area contributed by atoms with Gasteiger partial charge in [0.15, 0.2) is 23.0 Å². The number of amides is 1. The SMILES string of the molecule is COc1cc(CC(=O)Nc2ccc3c(c2)OC2(CCCC2)O3)cc(OC)c1OC. The van der Waals surface area contributed by atoms with E-state index in [-0.39, 0.29) is 12.3 Å². The molecule has 1 N–H and O–H groups in total. The molecule has 2 aliphatic rings. The zero-order chi connectivity index (χ0) is 20.4. The van der Waals surface area contributed by atoms with Gasteiger partial charge in [-0.3, -0.25) is 4.79 Å². The van der Waals surface area contributed by atoms with Crippen molar-refractivity contribution in [1.29, 1.82) is 0 Å². The third-order valence-electron chi connectivity index (χ3n) is 5.27. The number of nitrogens with one attached hydrogen (secondary N) is 1. The Hall–Kier alpha value is -3.09. The van der Waals surface area contributed by atoms with E-state index in [1.54, 1.807) is 33.5 Å². The van der Waals surface area contributed by atoms with E-state index in [1.807, 2.05) is 18.2 Å². The summed E-state index contributed by atoms with van der Waals surface area (Å²) in [6, 6.07) is 9.02. The summed E-state index contributed by atoms with van der Waals surface area (Å²) < 4.78 is 28.1. The van der Waals surface area contributed by atoms with Gasteiger partial charge in [-0.15, -0.1) is 0 Å². The number of hydrogen-bond donors (Lipinski definition) is 1. The molecular weight excluding hydrogens is 374 g/mol. The van der Waals surface area contributed by atoms with Crippen LogP contribution in [0.3, 0.4) is 0 Å². The molecule has 1 saturated carbocycles. The first-order chi connectivity index (χ1) is 14.1. The fourth-order valence-electron chi connectivity index (χ4n) is 3.92. The average Bonchev–Trinajstić information content (AvgIpc) is 3.32. The second-order valence-corrected chi connectivity index (χ2v) is 7.24. The number of fused-ring (bicyclic) bond motifs is 1. The Bertz CT molecular complexity index is 895. The van der Waals surface area contributed by atoms with Crippen LogP contribution in [0.15, 0.2) is 30.3 Å². The van der Waals surface area contributed by atoms with Crippen LogP contribution in [-0.4, -0.2) is 33.0 Å². The number of rotatable bonds is 6. The summed E-state index contributed by atoms with van der Waals surface area (Å²) in [6.45, 7) is 0. The van der Waals surface area contributed by atoms with Crippen molar-refractivity contribution in [3.63, 3.8) is 0 Å². The molecule has 1 aliphatic heterocycles. The van der Waals surface area contributed by atoms with E-state index in [0.717, 1.165) is 37.0 Å². The number of anilines is 1. The first-order valence-corrected chi connectivity index (χ1v) is 9.66. The van der Waals surface area contributed by atoms with Crippen LogP contribution in [0.2, 0.25) is 0 Å². The molecule has 1 heterocycles. The Labute approximate surface area is 169 Å². The van der Waals surface area contributed by atoms with Crippen molar-refractivity contribution in [2.75, 3.05) is 26.6 Å². The average molecular weight is 399 g/mol. The van der Waals surface area contributed by atoms with Gasteiger partial charge in [0.05, 0.1) is 27.8 Å². The van der Waals surface area contributed by atoms with Crippen molar-refractivity contribution in [3.8, 4) is 28.7 Å². The highest BCUT2D eigenvalue weighted by atomic mass is 16.7. The normalized spacial score (nSPS) is 16.0. The monoisotopic (exact) mass is 399 g/mol. The van der Waals surface area contributed by atoms with Crippen LogP contribution in [0.4, 0.5) is 5.69 Å². The second-order valence-electron chi connectivity index (χ2n) is 7.24. The first-order valence-electron chi connectivity index (χ1n) is 9.66. The molecule has 1 fully saturated rings. The lowest BCUT2D eigenvalue weighted by Crippen LogP contribution is -2.34. The molecule has 0 radical (unpaired) electrons. The van der Waals surface area contributed by atoms with Gasteiger partial charge in [0.1, 0.15) is 0 Å². The molecule has 2 aromatic rings. The van der Waals surface area contributed by atoms with Gasteiger partial charge < -0.3 is 29.0 Å². The molecule has 7 nitrogen and oxygen atoms in total. The smallest absolute Gasteiger partial charge is 0.251 e. The lowest BCUT2D eigenvalue weighted by molar-refractivity contribution is -0.115. The molecular formula is C22H25NO6. The molecule has 29 heavy (non-hydrogen) atoms. The molecule has 0 bridgehead atoms. The number of ether oxygens (including phenoxy) is 5. The summed E-state index contributed by atoms with van der Waals surface area (Å²) in [6.07, 6.45) is 4.16. The maximum absolute atomic E-state index is 12.6. The van der Waals surface area contributed by atoms with Crippen molar-refractivity contribution >= 4 is 11.6 Å². The predicted molar refractivity (Wildman–Crippen MR) is 107 cm³/mol. The zero-order valence-corrected chi connectivity index (χ0v) is 16.9. The standard InChI is InChI=1S/C22H25NO6/c1-25-18-10-14(11-19(26-2)21(18)27-3)12-20(24)23-15-6-7-16-17(13-15)29-22(28-16)8-4-5-9-22/h6-7,10-11,13H,4-5,8-9,12H2,1-3H3,(H,23,24). The van der Waals surface area contributed by atoms with Crippen LogP contribution in [0.25, 0.3) is 0 Å². The van der Waals surface area contributed by atoms with E-state index < -0.39 is 5.79 Å². The molecule has 1 aliphatic carbocycles. The Balaban J connectivity index is 1.46. The predicted octanol–water partition coefficient (Wildman–Crippen LogP) is 3.94. The minimum atomic E-state index is -0.513. The number of hydrogen-bond acceptors (Lipinski definition) is 6. The van der Waals surface area contributed by atoms with Gasteiger partial charge in [-0.25, -0.2) is 0 Å². The summed E-state index contributed by atoms with van der Waals surface area (Å²) in [5, 5.41) is 2.92.